The molecule has 0 atom stereocenters. The summed E-state index contributed by atoms with van der Waals surface area (Å²) >= 11 is 0. The molecule has 1 aromatic heterocycles. The van der Waals surface area contributed by atoms with E-state index in [0.29, 0.717) is 11.1 Å². The van der Waals surface area contributed by atoms with Gasteiger partial charge in [0.15, 0.2) is 0 Å². The number of fused-ring (bicyclic) bond motifs is 1. The van der Waals surface area contributed by atoms with Gasteiger partial charge >= 0.3 is 11.8 Å². The predicted molar refractivity (Wildman–Crippen MR) is 108 cm³/mol. The molecule has 0 radical (unpaired) electrons. The van der Waals surface area contributed by atoms with Gasteiger partial charge in [-0.3, -0.25) is 9.69 Å². The van der Waals surface area contributed by atoms with Crippen molar-refractivity contribution in [1.82, 2.24) is 4.90 Å². The van der Waals surface area contributed by atoms with Crippen molar-refractivity contribution in [3.05, 3.63) is 75.1 Å². The second-order valence-corrected chi connectivity index (χ2v) is 7.24. The van der Waals surface area contributed by atoms with E-state index in [1.807, 2.05) is 26.0 Å². The van der Waals surface area contributed by atoms with Crippen LogP contribution in [-0.2, 0) is 17.5 Å². The van der Waals surface area contributed by atoms with E-state index in [4.69, 9.17) is 4.42 Å². The van der Waals surface area contributed by atoms with Crippen LogP contribution in [0.5, 0.6) is 0 Å². The molecule has 0 saturated carbocycles. The lowest BCUT2D eigenvalue weighted by atomic mass is 10.0. The van der Waals surface area contributed by atoms with Crippen molar-refractivity contribution in [1.29, 1.82) is 0 Å². The van der Waals surface area contributed by atoms with E-state index in [2.05, 4.69) is 5.32 Å². The van der Waals surface area contributed by atoms with Gasteiger partial charge in [0.05, 0.1) is 17.8 Å². The van der Waals surface area contributed by atoms with Gasteiger partial charge in [-0.2, -0.15) is 13.2 Å². The summed E-state index contributed by atoms with van der Waals surface area (Å²) in [5, 5.41) is 3.07. The minimum absolute atomic E-state index is 0.154. The lowest BCUT2D eigenvalue weighted by Crippen LogP contribution is -2.30. The fourth-order valence-corrected chi connectivity index (χ4v) is 3.28. The molecule has 1 heterocycles. The van der Waals surface area contributed by atoms with Gasteiger partial charge in [-0.1, -0.05) is 24.3 Å². The van der Waals surface area contributed by atoms with E-state index in [1.54, 1.807) is 11.9 Å². The number of likely N-dealkylation sites (N-methyl/N-ethyl adjacent to an activating group) is 1. The first kappa shape index (κ1) is 21.6. The molecule has 0 aliphatic heterocycles. The number of alkyl halides is 3. The maximum Gasteiger partial charge on any atom is 0.418 e. The summed E-state index contributed by atoms with van der Waals surface area (Å²) in [6, 6.07) is 9.95. The topological polar surface area (TPSA) is 62.6 Å². The molecule has 0 bridgehead atoms. The Balaban J connectivity index is 1.77. The van der Waals surface area contributed by atoms with E-state index in [0.717, 1.165) is 22.6 Å². The summed E-state index contributed by atoms with van der Waals surface area (Å²) in [5.74, 6) is -0.589. The van der Waals surface area contributed by atoms with Gasteiger partial charge in [-0.25, -0.2) is 4.79 Å². The van der Waals surface area contributed by atoms with Crippen LogP contribution in [0.1, 0.15) is 22.3 Å². The number of halogens is 3. The fraction of sp³-hybridized carbons (Fsp3) is 0.273. The lowest BCUT2D eigenvalue weighted by Gasteiger charge is -2.19. The first-order valence-corrected chi connectivity index (χ1v) is 9.24. The Bertz CT molecular complexity index is 1150. The molecular weight excluding hydrogens is 397 g/mol. The average molecular weight is 418 g/mol. The number of carbonyl (C=O) groups is 1. The number of benzene rings is 2. The van der Waals surface area contributed by atoms with Crippen molar-refractivity contribution >= 4 is 22.6 Å². The number of para-hydroxylation sites is 1. The highest BCUT2D eigenvalue weighted by atomic mass is 19.4. The molecule has 1 N–H and O–H groups in total. The van der Waals surface area contributed by atoms with Crippen molar-refractivity contribution in [2.24, 2.45) is 0 Å². The first-order valence-electron chi connectivity index (χ1n) is 9.24. The fourth-order valence-electron chi connectivity index (χ4n) is 3.28. The first-order chi connectivity index (χ1) is 14.1. The van der Waals surface area contributed by atoms with Crippen molar-refractivity contribution in [3.63, 3.8) is 0 Å². The van der Waals surface area contributed by atoms with E-state index < -0.39 is 23.3 Å². The third kappa shape index (κ3) is 4.71. The Kier molecular flexibility index (Phi) is 5.98. The van der Waals surface area contributed by atoms with Gasteiger partial charge in [0.2, 0.25) is 5.91 Å². The van der Waals surface area contributed by atoms with Gasteiger partial charge in [-0.15, -0.1) is 0 Å². The van der Waals surface area contributed by atoms with Crippen molar-refractivity contribution in [2.75, 3.05) is 18.9 Å². The number of carbonyl (C=O) groups excluding carboxylic acids is 1. The van der Waals surface area contributed by atoms with Gasteiger partial charge in [0.1, 0.15) is 5.58 Å². The Morgan fingerprint density at radius 3 is 2.53 bits per heavy atom. The zero-order valence-electron chi connectivity index (χ0n) is 16.8. The zero-order chi connectivity index (χ0) is 22.1. The van der Waals surface area contributed by atoms with E-state index >= 15 is 0 Å². The highest BCUT2D eigenvalue weighted by Crippen LogP contribution is 2.34. The van der Waals surface area contributed by atoms with Crippen LogP contribution in [0.15, 0.2) is 51.7 Å². The molecule has 0 unspecified atom stereocenters. The molecule has 0 spiro atoms. The number of amides is 1. The van der Waals surface area contributed by atoms with E-state index in [-0.39, 0.29) is 18.8 Å². The SMILES string of the molecule is Cc1ccc2c(CN(C)CC(=O)Nc3ccccc3C(F)(F)F)cc(=O)oc2c1C. The third-order valence-electron chi connectivity index (χ3n) is 4.88. The standard InChI is InChI=1S/C22H21F3N2O3/c1-13-8-9-16-15(10-20(29)30-21(16)14(13)2)11-27(3)12-19(28)26-18-7-5-4-6-17(18)22(23,24)25/h4-10H,11-12H2,1-3H3,(H,26,28). The second kappa shape index (κ2) is 8.31. The molecule has 0 fully saturated rings. The third-order valence-corrected chi connectivity index (χ3v) is 4.88. The van der Waals surface area contributed by atoms with E-state index in [1.165, 1.54) is 24.3 Å². The Morgan fingerprint density at radius 2 is 1.83 bits per heavy atom. The van der Waals surface area contributed by atoms with Crippen LogP contribution >= 0.6 is 0 Å². The largest absolute Gasteiger partial charge is 0.422 e. The molecule has 30 heavy (non-hydrogen) atoms. The molecule has 0 saturated heterocycles. The van der Waals surface area contributed by atoms with Crippen molar-refractivity contribution in [2.45, 2.75) is 26.6 Å². The summed E-state index contributed by atoms with van der Waals surface area (Å²) in [6.07, 6.45) is -4.57. The molecule has 0 aliphatic carbocycles. The number of hydrogen-bond donors (Lipinski definition) is 1. The molecule has 1 amide bonds. The van der Waals surface area contributed by atoms with E-state index in [9.17, 15) is 22.8 Å². The number of nitrogens with zero attached hydrogens (tertiary/aromatic N) is 1. The number of rotatable bonds is 5. The van der Waals surface area contributed by atoms with Crippen LogP contribution in [0.25, 0.3) is 11.0 Å². The Morgan fingerprint density at radius 1 is 1.13 bits per heavy atom. The summed E-state index contributed by atoms with van der Waals surface area (Å²) in [7, 11) is 1.65. The van der Waals surface area contributed by atoms with Gasteiger partial charge in [0, 0.05) is 18.0 Å². The normalized spacial score (nSPS) is 11.8. The predicted octanol–water partition coefficient (Wildman–Crippen LogP) is 4.50. The quantitative estimate of drug-likeness (QED) is 0.620. The van der Waals surface area contributed by atoms with Crippen LogP contribution in [0.2, 0.25) is 0 Å². The monoisotopic (exact) mass is 418 g/mol. The molecular formula is C22H21F3N2O3. The molecule has 2 aromatic carbocycles. The van der Waals surface area contributed by atoms with Crippen LogP contribution in [0.3, 0.4) is 0 Å². The molecule has 0 aliphatic rings. The Labute approximate surface area is 171 Å². The summed E-state index contributed by atoms with van der Waals surface area (Å²) < 4.78 is 44.6. The summed E-state index contributed by atoms with van der Waals surface area (Å²) in [4.78, 5) is 25.9. The minimum atomic E-state index is -4.57. The maximum atomic E-state index is 13.1. The highest BCUT2D eigenvalue weighted by molar-refractivity contribution is 5.93. The van der Waals surface area contributed by atoms with Crippen LogP contribution in [0, 0.1) is 13.8 Å². The molecule has 5 nitrogen and oxygen atoms in total. The summed E-state index contributed by atoms with van der Waals surface area (Å²) in [6.45, 7) is 3.87. The van der Waals surface area contributed by atoms with Crippen LogP contribution < -0.4 is 10.9 Å². The van der Waals surface area contributed by atoms with Gasteiger partial charge in [-0.05, 0) is 49.7 Å². The summed E-state index contributed by atoms with van der Waals surface area (Å²) in [5.41, 5.74) is 1.32. The zero-order valence-corrected chi connectivity index (χ0v) is 16.8. The molecule has 3 rings (SSSR count). The second-order valence-electron chi connectivity index (χ2n) is 7.24. The molecule has 8 heteroatoms. The molecule has 158 valence electrons. The number of hydrogen-bond acceptors (Lipinski definition) is 4. The smallest absolute Gasteiger partial charge is 0.418 e. The lowest BCUT2D eigenvalue weighted by molar-refractivity contribution is -0.137. The van der Waals surface area contributed by atoms with Crippen molar-refractivity contribution < 1.29 is 22.4 Å². The van der Waals surface area contributed by atoms with Crippen LogP contribution in [-0.4, -0.2) is 24.4 Å². The maximum absolute atomic E-state index is 13.1. The Hall–Kier alpha value is -3.13. The number of anilines is 1. The number of aryl methyl sites for hydroxylation is 2. The van der Waals surface area contributed by atoms with Crippen molar-refractivity contribution in [3.8, 4) is 0 Å². The molecule has 3 aromatic rings. The number of nitrogens with one attached hydrogen (secondary N) is 1. The van der Waals surface area contributed by atoms with Gasteiger partial charge < -0.3 is 9.73 Å². The average Bonchev–Trinajstić information content (AvgIpc) is 2.64. The minimum Gasteiger partial charge on any atom is -0.422 e. The van der Waals surface area contributed by atoms with Crippen LogP contribution in [0.4, 0.5) is 18.9 Å². The highest BCUT2D eigenvalue weighted by Gasteiger charge is 2.33. The van der Waals surface area contributed by atoms with Gasteiger partial charge in [0.25, 0.3) is 0 Å².